The summed E-state index contributed by atoms with van der Waals surface area (Å²) in [6, 6.07) is 10.0. The van der Waals surface area contributed by atoms with E-state index in [1.54, 1.807) is 11.3 Å². The maximum atomic E-state index is 12.6. The Morgan fingerprint density at radius 1 is 1.17 bits per heavy atom. The van der Waals surface area contributed by atoms with Crippen LogP contribution in [0.3, 0.4) is 0 Å². The number of hydrogen-bond donors (Lipinski definition) is 0. The van der Waals surface area contributed by atoms with E-state index in [-0.39, 0.29) is 11.3 Å². The zero-order valence-corrected chi connectivity index (χ0v) is 14.7. The summed E-state index contributed by atoms with van der Waals surface area (Å²) < 4.78 is 0. The molecule has 0 radical (unpaired) electrons. The Labute approximate surface area is 147 Å². The number of likely N-dealkylation sites (tertiary alicyclic amines) is 2. The van der Waals surface area contributed by atoms with Gasteiger partial charge in [0, 0.05) is 37.8 Å². The highest BCUT2D eigenvalue weighted by Crippen LogP contribution is 2.39. The van der Waals surface area contributed by atoms with Crippen LogP contribution in [0.4, 0.5) is 0 Å². The summed E-state index contributed by atoms with van der Waals surface area (Å²) >= 11 is 1.55. The van der Waals surface area contributed by atoms with Crippen molar-refractivity contribution in [1.29, 1.82) is 0 Å². The van der Waals surface area contributed by atoms with Gasteiger partial charge in [-0.15, -0.1) is 11.3 Å². The van der Waals surface area contributed by atoms with Crippen LogP contribution in [0.15, 0.2) is 41.9 Å². The van der Waals surface area contributed by atoms with Gasteiger partial charge in [-0.1, -0.05) is 12.1 Å². The zero-order chi connectivity index (χ0) is 16.4. The molecule has 0 aromatic carbocycles. The van der Waals surface area contributed by atoms with Gasteiger partial charge in [-0.05, 0) is 49.4 Å². The van der Waals surface area contributed by atoms with E-state index >= 15 is 0 Å². The molecule has 126 valence electrons. The van der Waals surface area contributed by atoms with E-state index in [0.29, 0.717) is 0 Å². The molecule has 5 heteroatoms. The number of hydrogen-bond acceptors (Lipinski definition) is 4. The monoisotopic (exact) mass is 341 g/mol. The Bertz CT molecular complexity index is 688. The van der Waals surface area contributed by atoms with Gasteiger partial charge >= 0.3 is 0 Å². The van der Waals surface area contributed by atoms with Crippen molar-refractivity contribution in [3.8, 4) is 0 Å². The van der Waals surface area contributed by atoms with Crippen molar-refractivity contribution >= 4 is 17.2 Å². The number of nitrogens with zero attached hydrogens (tertiary/aromatic N) is 3. The van der Waals surface area contributed by atoms with Crippen LogP contribution in [0, 0.1) is 5.41 Å². The minimum atomic E-state index is 0.212. The standard InChI is InChI=1S/C19H23N3OS/c23-18(17-6-3-12-24-17)22-11-8-19(15-22)7-4-10-21(14-19)13-16-5-1-2-9-20-16/h1-3,5-6,9,12H,4,7-8,10-11,13-15H2. The van der Waals surface area contributed by atoms with E-state index < -0.39 is 0 Å². The van der Waals surface area contributed by atoms with Crippen molar-refractivity contribution in [2.75, 3.05) is 26.2 Å². The highest BCUT2D eigenvalue weighted by Gasteiger charge is 2.42. The Kier molecular flexibility index (Phi) is 4.37. The van der Waals surface area contributed by atoms with Crippen molar-refractivity contribution in [2.24, 2.45) is 5.41 Å². The number of pyridine rings is 1. The number of rotatable bonds is 3. The fraction of sp³-hybridized carbons (Fsp3) is 0.474. The molecule has 2 fully saturated rings. The predicted octanol–water partition coefficient (Wildman–Crippen LogP) is 3.27. The molecule has 4 nitrogen and oxygen atoms in total. The summed E-state index contributed by atoms with van der Waals surface area (Å²) in [4.78, 5) is 22.5. The number of carbonyl (C=O) groups excluding carboxylic acids is 1. The second-order valence-corrected chi connectivity index (χ2v) is 8.04. The minimum Gasteiger partial charge on any atom is -0.337 e. The first-order valence-corrected chi connectivity index (χ1v) is 9.57. The summed E-state index contributed by atoms with van der Waals surface area (Å²) in [5, 5.41) is 1.98. The quantitative estimate of drug-likeness (QED) is 0.860. The maximum Gasteiger partial charge on any atom is 0.263 e. The predicted molar refractivity (Wildman–Crippen MR) is 96.0 cm³/mol. The Hall–Kier alpha value is -1.72. The lowest BCUT2D eigenvalue weighted by Gasteiger charge is -2.40. The first kappa shape index (κ1) is 15.8. The fourth-order valence-electron chi connectivity index (χ4n) is 4.16. The van der Waals surface area contributed by atoms with Gasteiger partial charge in [0.05, 0.1) is 10.6 Å². The second-order valence-electron chi connectivity index (χ2n) is 7.09. The largest absolute Gasteiger partial charge is 0.337 e. The van der Waals surface area contributed by atoms with Crippen LogP contribution in [-0.2, 0) is 6.54 Å². The second kappa shape index (κ2) is 6.65. The lowest BCUT2D eigenvalue weighted by molar-refractivity contribution is 0.0676. The fourth-order valence-corrected chi connectivity index (χ4v) is 4.85. The third-order valence-electron chi connectivity index (χ3n) is 5.31. The van der Waals surface area contributed by atoms with Crippen LogP contribution >= 0.6 is 11.3 Å². The van der Waals surface area contributed by atoms with Crippen molar-refractivity contribution in [2.45, 2.75) is 25.8 Å². The highest BCUT2D eigenvalue weighted by atomic mass is 32.1. The van der Waals surface area contributed by atoms with E-state index in [4.69, 9.17) is 0 Å². The van der Waals surface area contributed by atoms with Crippen LogP contribution in [0.2, 0.25) is 0 Å². The molecule has 2 aliphatic rings. The van der Waals surface area contributed by atoms with Gasteiger partial charge in [-0.2, -0.15) is 0 Å². The molecule has 0 aliphatic carbocycles. The molecule has 2 saturated heterocycles. The van der Waals surface area contributed by atoms with Crippen LogP contribution in [-0.4, -0.2) is 46.9 Å². The molecule has 0 saturated carbocycles. The van der Waals surface area contributed by atoms with E-state index in [1.807, 2.05) is 29.8 Å². The number of aromatic nitrogens is 1. The van der Waals surface area contributed by atoms with Crippen molar-refractivity contribution < 1.29 is 4.79 Å². The molecular weight excluding hydrogens is 318 g/mol. The summed E-state index contributed by atoms with van der Waals surface area (Å²) in [5.74, 6) is 0.212. The lowest BCUT2D eigenvalue weighted by Crippen LogP contribution is -2.45. The Balaban J connectivity index is 1.41. The molecule has 4 rings (SSSR count). The van der Waals surface area contributed by atoms with Crippen LogP contribution in [0.1, 0.15) is 34.6 Å². The summed E-state index contributed by atoms with van der Waals surface area (Å²) in [6.45, 7) is 4.94. The Morgan fingerprint density at radius 2 is 2.12 bits per heavy atom. The normalized spacial score (nSPS) is 24.6. The SMILES string of the molecule is O=C(c1cccs1)N1CCC2(CCCN(Cc3ccccn3)C2)C1. The molecule has 24 heavy (non-hydrogen) atoms. The Morgan fingerprint density at radius 3 is 2.92 bits per heavy atom. The number of carbonyl (C=O) groups is 1. The average molecular weight is 341 g/mol. The van der Waals surface area contributed by atoms with Crippen molar-refractivity contribution in [1.82, 2.24) is 14.8 Å². The van der Waals surface area contributed by atoms with Gasteiger partial charge in [0.25, 0.3) is 5.91 Å². The van der Waals surface area contributed by atoms with E-state index in [2.05, 4.69) is 26.9 Å². The molecule has 1 amide bonds. The third kappa shape index (κ3) is 3.23. The number of amides is 1. The molecule has 2 aromatic heterocycles. The van der Waals surface area contributed by atoms with Crippen LogP contribution < -0.4 is 0 Å². The van der Waals surface area contributed by atoms with Crippen LogP contribution in [0.5, 0.6) is 0 Å². The van der Waals surface area contributed by atoms with Gasteiger partial charge in [0.15, 0.2) is 0 Å². The highest BCUT2D eigenvalue weighted by molar-refractivity contribution is 7.12. The molecule has 2 aromatic rings. The van der Waals surface area contributed by atoms with Gasteiger partial charge in [0.2, 0.25) is 0 Å². The summed E-state index contributed by atoms with van der Waals surface area (Å²) in [7, 11) is 0. The van der Waals surface area contributed by atoms with E-state index in [0.717, 1.165) is 49.7 Å². The first-order chi connectivity index (χ1) is 11.7. The van der Waals surface area contributed by atoms with Gasteiger partial charge < -0.3 is 4.90 Å². The van der Waals surface area contributed by atoms with E-state index in [1.165, 1.54) is 12.8 Å². The third-order valence-corrected chi connectivity index (χ3v) is 6.17. The van der Waals surface area contributed by atoms with Gasteiger partial charge in [-0.3, -0.25) is 14.7 Å². The first-order valence-electron chi connectivity index (χ1n) is 8.69. The summed E-state index contributed by atoms with van der Waals surface area (Å²) in [6.07, 6.45) is 5.45. The number of piperidine rings is 1. The molecule has 1 unspecified atom stereocenters. The lowest BCUT2D eigenvalue weighted by atomic mass is 9.79. The topological polar surface area (TPSA) is 36.4 Å². The molecule has 1 atom stereocenters. The van der Waals surface area contributed by atoms with Crippen molar-refractivity contribution in [3.05, 3.63) is 52.5 Å². The van der Waals surface area contributed by atoms with Crippen LogP contribution in [0.25, 0.3) is 0 Å². The van der Waals surface area contributed by atoms with Gasteiger partial charge in [0.1, 0.15) is 0 Å². The maximum absolute atomic E-state index is 12.6. The molecule has 4 heterocycles. The average Bonchev–Trinajstić information content (AvgIpc) is 3.26. The molecule has 0 N–H and O–H groups in total. The summed E-state index contributed by atoms with van der Waals surface area (Å²) in [5.41, 5.74) is 1.42. The van der Waals surface area contributed by atoms with E-state index in [9.17, 15) is 4.79 Å². The zero-order valence-electron chi connectivity index (χ0n) is 13.9. The number of thiophene rings is 1. The molecular formula is C19H23N3OS. The molecule has 1 spiro atoms. The molecule has 0 bridgehead atoms. The smallest absolute Gasteiger partial charge is 0.263 e. The minimum absolute atomic E-state index is 0.212. The van der Waals surface area contributed by atoms with Crippen molar-refractivity contribution in [3.63, 3.8) is 0 Å². The molecule has 2 aliphatic heterocycles. The van der Waals surface area contributed by atoms with Gasteiger partial charge in [-0.25, -0.2) is 0 Å².